The summed E-state index contributed by atoms with van der Waals surface area (Å²) in [6.45, 7) is 4.39. The summed E-state index contributed by atoms with van der Waals surface area (Å²) in [5.74, 6) is 0. The van der Waals surface area contributed by atoms with Crippen molar-refractivity contribution in [1.29, 1.82) is 0 Å². The maximum atomic E-state index is 11.9. The molecule has 2 aromatic carbocycles. The Labute approximate surface area is 124 Å². The molecule has 0 spiro atoms. The topological polar surface area (TPSA) is 41.1 Å². The van der Waals surface area contributed by atoms with Gasteiger partial charge in [-0.25, -0.2) is 4.79 Å². The van der Waals surface area contributed by atoms with Gasteiger partial charge in [0.1, 0.15) is 0 Å². The second-order valence-electron chi connectivity index (χ2n) is 4.70. The lowest BCUT2D eigenvalue weighted by Gasteiger charge is -2.12. The van der Waals surface area contributed by atoms with Gasteiger partial charge in [-0.3, -0.25) is 0 Å². The molecule has 0 fully saturated rings. The van der Waals surface area contributed by atoms with Crippen LogP contribution < -0.4 is 10.6 Å². The third kappa shape index (κ3) is 3.75. The summed E-state index contributed by atoms with van der Waals surface area (Å²) < 4.78 is 0. The van der Waals surface area contributed by atoms with E-state index >= 15 is 0 Å². The molecule has 0 saturated heterocycles. The van der Waals surface area contributed by atoms with E-state index in [1.807, 2.05) is 56.3 Å². The molecule has 0 aliphatic carbocycles. The number of halogens is 1. The van der Waals surface area contributed by atoms with Crippen LogP contribution >= 0.6 is 11.6 Å². The van der Waals surface area contributed by atoms with Crippen LogP contribution in [0.15, 0.2) is 42.5 Å². The van der Waals surface area contributed by atoms with Gasteiger partial charge in [0.15, 0.2) is 0 Å². The van der Waals surface area contributed by atoms with Gasteiger partial charge in [0, 0.05) is 17.3 Å². The molecule has 0 radical (unpaired) electrons. The quantitative estimate of drug-likeness (QED) is 0.869. The SMILES string of the molecule is Cc1cccc(C)c1NC(=O)NCc1cccc(Cl)c1. The number of hydrogen-bond donors (Lipinski definition) is 2. The average molecular weight is 289 g/mol. The number of rotatable bonds is 3. The molecule has 0 unspecified atom stereocenters. The van der Waals surface area contributed by atoms with Crippen LogP contribution in [0, 0.1) is 13.8 Å². The van der Waals surface area contributed by atoms with Crippen molar-refractivity contribution in [2.75, 3.05) is 5.32 Å². The summed E-state index contributed by atoms with van der Waals surface area (Å²) in [7, 11) is 0. The monoisotopic (exact) mass is 288 g/mol. The Morgan fingerprint density at radius 1 is 1.10 bits per heavy atom. The minimum atomic E-state index is -0.220. The zero-order valence-electron chi connectivity index (χ0n) is 11.5. The van der Waals surface area contributed by atoms with Crippen LogP contribution in [0.4, 0.5) is 10.5 Å². The molecule has 0 aromatic heterocycles. The number of hydrogen-bond acceptors (Lipinski definition) is 1. The van der Waals surface area contributed by atoms with Gasteiger partial charge < -0.3 is 10.6 Å². The molecule has 2 aromatic rings. The van der Waals surface area contributed by atoms with Crippen LogP contribution in [0.25, 0.3) is 0 Å². The van der Waals surface area contributed by atoms with Crippen LogP contribution in [0.5, 0.6) is 0 Å². The van der Waals surface area contributed by atoms with Crippen molar-refractivity contribution in [3.8, 4) is 0 Å². The number of benzene rings is 2. The third-order valence-electron chi connectivity index (χ3n) is 3.06. The standard InChI is InChI=1S/C16H17ClN2O/c1-11-5-3-6-12(2)15(11)19-16(20)18-10-13-7-4-8-14(17)9-13/h3-9H,10H2,1-2H3,(H2,18,19,20). The van der Waals surface area contributed by atoms with Crippen molar-refractivity contribution in [2.45, 2.75) is 20.4 Å². The summed E-state index contributed by atoms with van der Waals surface area (Å²) >= 11 is 5.90. The van der Waals surface area contributed by atoms with Gasteiger partial charge in [-0.05, 0) is 42.7 Å². The van der Waals surface area contributed by atoms with E-state index in [1.165, 1.54) is 0 Å². The van der Waals surface area contributed by atoms with E-state index in [4.69, 9.17) is 11.6 Å². The maximum Gasteiger partial charge on any atom is 0.319 e. The number of carbonyl (C=O) groups excluding carboxylic acids is 1. The third-order valence-corrected chi connectivity index (χ3v) is 3.30. The van der Waals surface area contributed by atoms with E-state index in [9.17, 15) is 4.79 Å². The highest BCUT2D eigenvalue weighted by Crippen LogP contribution is 2.19. The Hall–Kier alpha value is -2.00. The number of carbonyl (C=O) groups is 1. The van der Waals surface area contributed by atoms with E-state index in [2.05, 4.69) is 10.6 Å². The van der Waals surface area contributed by atoms with E-state index in [-0.39, 0.29) is 6.03 Å². The molecule has 0 bridgehead atoms. The molecule has 4 heteroatoms. The van der Waals surface area contributed by atoms with Crippen molar-refractivity contribution in [3.05, 3.63) is 64.2 Å². The molecule has 104 valence electrons. The van der Waals surface area contributed by atoms with Crippen molar-refractivity contribution in [2.24, 2.45) is 0 Å². The van der Waals surface area contributed by atoms with Gasteiger partial charge in [0.05, 0.1) is 0 Å². The number of anilines is 1. The van der Waals surface area contributed by atoms with Gasteiger partial charge >= 0.3 is 6.03 Å². The first-order valence-electron chi connectivity index (χ1n) is 6.42. The molecule has 20 heavy (non-hydrogen) atoms. The number of urea groups is 1. The smallest absolute Gasteiger partial charge is 0.319 e. The normalized spacial score (nSPS) is 10.2. The van der Waals surface area contributed by atoms with Crippen LogP contribution in [-0.4, -0.2) is 6.03 Å². The molecule has 3 nitrogen and oxygen atoms in total. The van der Waals surface area contributed by atoms with Crippen molar-refractivity contribution < 1.29 is 4.79 Å². The van der Waals surface area contributed by atoms with Crippen molar-refractivity contribution in [3.63, 3.8) is 0 Å². The Balaban J connectivity index is 1.96. The second-order valence-corrected chi connectivity index (χ2v) is 5.14. The van der Waals surface area contributed by atoms with Crippen LogP contribution in [0.1, 0.15) is 16.7 Å². The van der Waals surface area contributed by atoms with E-state index in [1.54, 1.807) is 0 Å². The van der Waals surface area contributed by atoms with Crippen LogP contribution in [0.3, 0.4) is 0 Å². The first-order chi connectivity index (χ1) is 9.56. The summed E-state index contributed by atoms with van der Waals surface area (Å²) in [6, 6.07) is 13.1. The minimum absolute atomic E-state index is 0.220. The maximum absolute atomic E-state index is 11.9. The van der Waals surface area contributed by atoms with Gasteiger partial charge in [0.25, 0.3) is 0 Å². The van der Waals surface area contributed by atoms with Gasteiger partial charge in [-0.1, -0.05) is 41.9 Å². The first kappa shape index (κ1) is 14.4. The predicted molar refractivity (Wildman–Crippen MR) is 83.2 cm³/mol. The Morgan fingerprint density at radius 2 is 1.75 bits per heavy atom. The lowest BCUT2D eigenvalue weighted by Crippen LogP contribution is -2.28. The summed E-state index contributed by atoms with van der Waals surface area (Å²) in [4.78, 5) is 11.9. The number of aryl methyl sites for hydroxylation is 2. The molecule has 0 aliphatic heterocycles. The minimum Gasteiger partial charge on any atom is -0.334 e. The van der Waals surface area contributed by atoms with Crippen molar-refractivity contribution in [1.82, 2.24) is 5.32 Å². The fourth-order valence-electron chi connectivity index (χ4n) is 2.00. The van der Waals surface area contributed by atoms with Gasteiger partial charge in [0.2, 0.25) is 0 Å². The molecule has 2 rings (SSSR count). The number of amides is 2. The number of nitrogens with one attached hydrogen (secondary N) is 2. The molecule has 0 atom stereocenters. The zero-order valence-corrected chi connectivity index (χ0v) is 12.3. The average Bonchev–Trinajstić information content (AvgIpc) is 2.41. The summed E-state index contributed by atoms with van der Waals surface area (Å²) in [5, 5.41) is 6.37. The molecule has 0 aliphatic rings. The Kier molecular flexibility index (Phi) is 4.64. The first-order valence-corrected chi connectivity index (χ1v) is 6.79. The van der Waals surface area contributed by atoms with Gasteiger partial charge in [-0.15, -0.1) is 0 Å². The second kappa shape index (κ2) is 6.44. The van der Waals surface area contributed by atoms with E-state index < -0.39 is 0 Å². The highest BCUT2D eigenvalue weighted by atomic mass is 35.5. The highest BCUT2D eigenvalue weighted by molar-refractivity contribution is 6.30. The van der Waals surface area contributed by atoms with Crippen LogP contribution in [-0.2, 0) is 6.54 Å². The molecular formula is C16H17ClN2O. The lowest BCUT2D eigenvalue weighted by molar-refractivity contribution is 0.251. The van der Waals surface area contributed by atoms with Crippen LogP contribution in [0.2, 0.25) is 5.02 Å². The molecule has 2 N–H and O–H groups in total. The Morgan fingerprint density at radius 3 is 2.40 bits per heavy atom. The summed E-state index contributed by atoms with van der Waals surface area (Å²) in [5.41, 5.74) is 3.91. The fraction of sp³-hybridized carbons (Fsp3) is 0.188. The largest absolute Gasteiger partial charge is 0.334 e. The molecule has 0 heterocycles. The predicted octanol–water partition coefficient (Wildman–Crippen LogP) is 4.28. The lowest BCUT2D eigenvalue weighted by atomic mass is 10.1. The molecule has 2 amide bonds. The fourth-order valence-corrected chi connectivity index (χ4v) is 2.21. The van der Waals surface area contributed by atoms with Crippen molar-refractivity contribution >= 4 is 23.3 Å². The van der Waals surface area contributed by atoms with E-state index in [0.717, 1.165) is 22.4 Å². The van der Waals surface area contributed by atoms with E-state index in [0.29, 0.717) is 11.6 Å². The highest BCUT2D eigenvalue weighted by Gasteiger charge is 2.06. The number of para-hydroxylation sites is 1. The molecule has 0 saturated carbocycles. The zero-order chi connectivity index (χ0) is 14.5. The van der Waals surface area contributed by atoms with Gasteiger partial charge in [-0.2, -0.15) is 0 Å². The summed E-state index contributed by atoms with van der Waals surface area (Å²) in [6.07, 6.45) is 0. The Bertz CT molecular complexity index is 605. The molecular weight excluding hydrogens is 272 g/mol.